The van der Waals surface area contributed by atoms with E-state index in [0.717, 1.165) is 28.6 Å². The van der Waals surface area contributed by atoms with Gasteiger partial charge in [-0.2, -0.15) is 0 Å². The van der Waals surface area contributed by atoms with Crippen molar-refractivity contribution in [3.8, 4) is 5.69 Å². The van der Waals surface area contributed by atoms with Crippen molar-refractivity contribution in [2.45, 2.75) is 31.0 Å². The van der Waals surface area contributed by atoms with E-state index in [1.807, 2.05) is 38.1 Å². The first kappa shape index (κ1) is 19.3. The van der Waals surface area contributed by atoms with Crippen molar-refractivity contribution >= 4 is 35.0 Å². The fraction of sp³-hybridized carbons (Fsp3) is 0.211. The molecule has 1 atom stereocenters. The molecule has 0 aliphatic carbocycles. The summed E-state index contributed by atoms with van der Waals surface area (Å²) in [5, 5.41) is 5.78. The number of aromatic amines is 1. The van der Waals surface area contributed by atoms with Crippen molar-refractivity contribution in [2.24, 2.45) is 0 Å². The molecule has 140 valence electrons. The number of nitrogens with zero attached hydrogens (tertiary/aromatic N) is 1. The Morgan fingerprint density at radius 3 is 2.63 bits per heavy atom. The van der Waals surface area contributed by atoms with Gasteiger partial charge in [-0.1, -0.05) is 35.4 Å². The van der Waals surface area contributed by atoms with Gasteiger partial charge in [-0.25, -0.2) is 4.79 Å². The zero-order valence-electron chi connectivity index (χ0n) is 15.1. The van der Waals surface area contributed by atoms with E-state index in [2.05, 4.69) is 10.6 Å². The number of aryl methyl sites for hydroxylation is 1. The molecule has 1 unspecified atom stereocenters. The van der Waals surface area contributed by atoms with Gasteiger partial charge in [0.25, 0.3) is 0 Å². The van der Waals surface area contributed by atoms with Crippen LogP contribution in [0.4, 0.5) is 5.69 Å². The number of amides is 1. The first-order valence-corrected chi connectivity index (χ1v) is 9.56. The number of carbonyl (C=O) groups is 1. The van der Waals surface area contributed by atoms with E-state index < -0.39 is 10.9 Å². The minimum atomic E-state index is -0.529. The van der Waals surface area contributed by atoms with Crippen LogP contribution in [0.2, 0.25) is 5.02 Å². The molecular weight excluding hydrogens is 386 g/mol. The molecule has 3 aromatic rings. The van der Waals surface area contributed by atoms with Gasteiger partial charge in [0.1, 0.15) is 0 Å². The average molecular weight is 405 g/mol. The largest absolute Gasteiger partial charge is 0.442 e. The molecule has 1 heterocycles. The van der Waals surface area contributed by atoms with E-state index >= 15 is 0 Å². The zero-order chi connectivity index (χ0) is 19.6. The van der Waals surface area contributed by atoms with Crippen LogP contribution in [0.15, 0.2) is 56.8 Å². The highest BCUT2D eigenvalue weighted by Crippen LogP contribution is 2.25. The third-order valence-electron chi connectivity index (χ3n) is 4.08. The molecule has 0 aliphatic rings. The van der Waals surface area contributed by atoms with Gasteiger partial charge >= 0.3 is 10.7 Å². The van der Waals surface area contributed by atoms with Crippen LogP contribution >= 0.6 is 23.4 Å². The fourth-order valence-corrected chi connectivity index (χ4v) is 3.49. The number of rotatable bonds is 5. The Balaban J connectivity index is 1.80. The Morgan fingerprint density at radius 1 is 1.22 bits per heavy atom. The van der Waals surface area contributed by atoms with Gasteiger partial charge in [0.2, 0.25) is 11.6 Å². The van der Waals surface area contributed by atoms with Crippen LogP contribution in [0, 0.1) is 13.8 Å². The lowest BCUT2D eigenvalue weighted by atomic mass is 10.2. The Bertz CT molecular complexity index is 1030. The van der Waals surface area contributed by atoms with Crippen LogP contribution < -0.4 is 15.6 Å². The second kappa shape index (κ2) is 8.02. The third kappa shape index (κ3) is 4.26. The molecule has 0 bridgehead atoms. The smallest absolute Gasteiger partial charge is 0.325 e. The Morgan fingerprint density at radius 2 is 1.93 bits per heavy atom. The molecule has 0 spiro atoms. The monoisotopic (exact) mass is 404 g/mol. The number of hydrogen-bond acceptors (Lipinski definition) is 4. The minimum absolute atomic E-state index is 0.235. The van der Waals surface area contributed by atoms with Crippen molar-refractivity contribution in [3.63, 3.8) is 0 Å². The van der Waals surface area contributed by atoms with Crippen LogP contribution in [0.3, 0.4) is 0 Å². The SMILES string of the molecule is Cc1ccc(-[n+]2[nH]oc(=O)c2SC(C)C(=O)Nc2cccc(Cl)c2C)cc1. The van der Waals surface area contributed by atoms with E-state index in [0.29, 0.717) is 15.7 Å². The van der Waals surface area contributed by atoms with Crippen molar-refractivity contribution in [2.75, 3.05) is 5.32 Å². The first-order chi connectivity index (χ1) is 12.9. The van der Waals surface area contributed by atoms with Crippen molar-refractivity contribution in [1.29, 1.82) is 0 Å². The zero-order valence-corrected chi connectivity index (χ0v) is 16.6. The standard InChI is InChI=1S/C19H18ClN3O3S/c1-11-7-9-14(10-8-11)23-18(19(25)26-22-23)27-13(3)17(24)21-16-6-4-5-15(20)12(16)2/h4-10,13H,1-3H3,(H-,21,22,24,25)/p+1. The van der Waals surface area contributed by atoms with E-state index in [1.165, 1.54) is 4.68 Å². The summed E-state index contributed by atoms with van der Waals surface area (Å²) in [6.07, 6.45) is 0. The molecule has 0 aliphatic heterocycles. The molecule has 3 rings (SSSR count). The van der Waals surface area contributed by atoms with E-state index in [-0.39, 0.29) is 5.91 Å². The van der Waals surface area contributed by atoms with Gasteiger partial charge in [-0.3, -0.25) is 9.32 Å². The van der Waals surface area contributed by atoms with Gasteiger partial charge in [0.05, 0.1) is 5.25 Å². The second-order valence-corrected chi connectivity index (χ2v) is 7.86. The molecule has 2 N–H and O–H groups in total. The maximum atomic E-state index is 12.6. The van der Waals surface area contributed by atoms with E-state index in [4.69, 9.17) is 16.1 Å². The van der Waals surface area contributed by atoms with Gasteiger partial charge in [-0.05, 0) is 60.2 Å². The quantitative estimate of drug-likeness (QED) is 0.502. The van der Waals surface area contributed by atoms with E-state index in [1.54, 1.807) is 25.1 Å². The Labute approximate surface area is 165 Å². The molecule has 0 saturated carbocycles. The Hall–Kier alpha value is -2.51. The van der Waals surface area contributed by atoms with Gasteiger partial charge in [0.15, 0.2) is 0 Å². The number of anilines is 1. The highest BCUT2D eigenvalue weighted by molar-refractivity contribution is 8.00. The number of carbonyl (C=O) groups excluding carboxylic acids is 1. The summed E-state index contributed by atoms with van der Waals surface area (Å²) in [5.74, 6) is -0.235. The van der Waals surface area contributed by atoms with Crippen LogP contribution in [-0.4, -0.2) is 16.4 Å². The predicted octanol–water partition coefficient (Wildman–Crippen LogP) is 3.63. The number of nitrogens with one attached hydrogen (secondary N) is 2. The summed E-state index contributed by atoms with van der Waals surface area (Å²) in [5.41, 5.74) is 2.75. The molecule has 27 heavy (non-hydrogen) atoms. The topological polar surface area (TPSA) is 79.0 Å². The summed E-state index contributed by atoms with van der Waals surface area (Å²) in [6.45, 7) is 5.54. The fourth-order valence-electron chi connectivity index (χ4n) is 2.43. The number of benzene rings is 2. The molecule has 1 aromatic heterocycles. The number of hydrogen-bond donors (Lipinski definition) is 2. The summed E-state index contributed by atoms with van der Waals surface area (Å²) >= 11 is 7.22. The maximum absolute atomic E-state index is 12.6. The Kier molecular flexibility index (Phi) is 5.72. The van der Waals surface area contributed by atoms with Crippen LogP contribution in [0.25, 0.3) is 5.69 Å². The van der Waals surface area contributed by atoms with Gasteiger partial charge in [0, 0.05) is 22.8 Å². The van der Waals surface area contributed by atoms with Crippen molar-refractivity contribution in [1.82, 2.24) is 5.27 Å². The summed E-state index contributed by atoms with van der Waals surface area (Å²) in [6, 6.07) is 12.9. The summed E-state index contributed by atoms with van der Waals surface area (Å²) in [7, 11) is 0. The second-order valence-electron chi connectivity index (χ2n) is 6.12. The maximum Gasteiger partial charge on any atom is 0.442 e. The number of thioether (sulfide) groups is 1. The molecule has 6 nitrogen and oxygen atoms in total. The molecule has 2 aromatic carbocycles. The molecule has 8 heteroatoms. The van der Waals surface area contributed by atoms with Crippen molar-refractivity contribution in [3.05, 3.63) is 69.0 Å². The molecular formula is C19H19ClN3O3S+. The van der Waals surface area contributed by atoms with Crippen LogP contribution in [0.5, 0.6) is 0 Å². The average Bonchev–Trinajstić information content (AvgIpc) is 3.00. The van der Waals surface area contributed by atoms with E-state index in [9.17, 15) is 9.59 Å². The number of H-pyrrole nitrogens is 1. The summed E-state index contributed by atoms with van der Waals surface area (Å²) < 4.78 is 6.46. The molecule has 0 fully saturated rings. The van der Waals surface area contributed by atoms with Gasteiger partial charge < -0.3 is 5.32 Å². The highest BCUT2D eigenvalue weighted by atomic mass is 35.5. The van der Waals surface area contributed by atoms with Crippen LogP contribution in [-0.2, 0) is 4.79 Å². The van der Waals surface area contributed by atoms with Crippen LogP contribution in [0.1, 0.15) is 18.1 Å². The summed E-state index contributed by atoms with van der Waals surface area (Å²) in [4.78, 5) is 24.7. The molecule has 1 amide bonds. The lowest BCUT2D eigenvalue weighted by Crippen LogP contribution is -2.37. The predicted molar refractivity (Wildman–Crippen MR) is 106 cm³/mol. The lowest BCUT2D eigenvalue weighted by molar-refractivity contribution is -0.704. The normalized spacial score (nSPS) is 12.0. The van der Waals surface area contributed by atoms with Gasteiger partial charge in [-0.15, -0.1) is 0 Å². The van der Waals surface area contributed by atoms with Crippen molar-refractivity contribution < 1.29 is 14.0 Å². The number of halogens is 1. The molecule has 0 saturated heterocycles. The minimum Gasteiger partial charge on any atom is -0.325 e. The highest BCUT2D eigenvalue weighted by Gasteiger charge is 2.29. The first-order valence-electron chi connectivity index (χ1n) is 8.30. The number of aromatic nitrogens is 2. The molecule has 0 radical (unpaired) electrons. The lowest BCUT2D eigenvalue weighted by Gasteiger charge is -2.12. The third-order valence-corrected chi connectivity index (χ3v) is 5.63.